The predicted molar refractivity (Wildman–Crippen MR) is 147 cm³/mol. The maximum absolute atomic E-state index is 15.8. The summed E-state index contributed by atoms with van der Waals surface area (Å²) in [5.41, 5.74) is 2.72. The first kappa shape index (κ1) is 30.1. The number of alkyl halides is 2. The van der Waals surface area contributed by atoms with E-state index in [1.165, 1.54) is 0 Å². The van der Waals surface area contributed by atoms with Crippen molar-refractivity contribution in [3.8, 4) is 22.6 Å². The molecule has 0 unspecified atom stereocenters. The van der Waals surface area contributed by atoms with E-state index in [4.69, 9.17) is 26.8 Å². The van der Waals surface area contributed by atoms with Crippen molar-refractivity contribution in [1.29, 1.82) is 0 Å². The number of fused-ring (bicyclic) bond motifs is 1. The van der Waals surface area contributed by atoms with E-state index in [-0.39, 0.29) is 30.0 Å². The fourth-order valence-corrected chi connectivity index (χ4v) is 6.12. The number of hydrogen-bond acceptors (Lipinski definition) is 6. The van der Waals surface area contributed by atoms with Crippen LogP contribution < -0.4 is 20.5 Å². The number of carbonyl (C=O) groups is 1. The normalized spacial score (nSPS) is 23.5. The number of aliphatic hydroxyl groups is 1. The summed E-state index contributed by atoms with van der Waals surface area (Å²) >= 11 is 6.37. The molecule has 0 spiro atoms. The van der Waals surface area contributed by atoms with Gasteiger partial charge >= 0.3 is 6.61 Å². The predicted octanol–water partition coefficient (Wildman–Crippen LogP) is 5.85. The molecule has 1 aliphatic heterocycles. The van der Waals surface area contributed by atoms with Gasteiger partial charge in [-0.3, -0.25) is 4.79 Å². The molecule has 42 heavy (non-hydrogen) atoms. The van der Waals surface area contributed by atoms with Gasteiger partial charge in [0, 0.05) is 42.5 Å². The number of nitrogens with two attached hydrogens (primary N) is 1. The second-order valence-electron chi connectivity index (χ2n) is 10.4. The van der Waals surface area contributed by atoms with Crippen LogP contribution in [0.1, 0.15) is 53.3 Å². The van der Waals surface area contributed by atoms with Crippen LogP contribution >= 0.6 is 11.6 Å². The minimum Gasteiger partial charge on any atom is -0.478 e. The molecule has 1 amide bonds. The second-order valence-corrected chi connectivity index (χ2v) is 10.7. The summed E-state index contributed by atoms with van der Waals surface area (Å²) < 4.78 is 73.3. The first-order valence-electron chi connectivity index (χ1n) is 13.4. The van der Waals surface area contributed by atoms with E-state index in [9.17, 15) is 18.7 Å². The van der Waals surface area contributed by atoms with Gasteiger partial charge in [-0.05, 0) is 43.4 Å². The Labute approximate surface area is 244 Å². The number of primary amides is 1. The lowest BCUT2D eigenvalue weighted by atomic mass is 9.82. The Morgan fingerprint density at radius 2 is 1.83 bits per heavy atom. The van der Waals surface area contributed by atoms with Crippen molar-refractivity contribution in [1.82, 2.24) is 5.32 Å². The highest BCUT2D eigenvalue weighted by molar-refractivity contribution is 6.34. The summed E-state index contributed by atoms with van der Waals surface area (Å²) in [6, 6.07) is 11.5. The topological polar surface area (TPSA) is 103 Å². The van der Waals surface area contributed by atoms with Gasteiger partial charge in [-0.15, -0.1) is 0 Å². The molecule has 3 aromatic carbocycles. The van der Waals surface area contributed by atoms with E-state index in [0.717, 1.165) is 43.9 Å². The van der Waals surface area contributed by atoms with Crippen LogP contribution in [0.3, 0.4) is 0 Å². The number of halogens is 5. The Hall–Kier alpha value is -3.38. The number of ether oxygens (including phenoxy) is 3. The summed E-state index contributed by atoms with van der Waals surface area (Å²) in [5, 5.41) is 14.8. The number of hydrogen-bond donors (Lipinski definition) is 3. The molecule has 2 aliphatic rings. The van der Waals surface area contributed by atoms with Gasteiger partial charge < -0.3 is 30.4 Å². The van der Waals surface area contributed by atoms with Crippen molar-refractivity contribution in [3.63, 3.8) is 0 Å². The fourth-order valence-electron chi connectivity index (χ4n) is 5.87. The van der Waals surface area contributed by atoms with Crippen molar-refractivity contribution < 1.29 is 41.7 Å². The van der Waals surface area contributed by atoms with E-state index in [2.05, 4.69) is 10.1 Å². The molecule has 1 fully saturated rings. The number of rotatable bonds is 9. The van der Waals surface area contributed by atoms with Crippen LogP contribution in [-0.4, -0.2) is 43.4 Å². The largest absolute Gasteiger partial charge is 0.478 e. The van der Waals surface area contributed by atoms with Gasteiger partial charge in [-0.25, -0.2) is 8.78 Å². The van der Waals surface area contributed by atoms with Gasteiger partial charge in [-0.2, -0.15) is 8.78 Å². The molecule has 0 aromatic heterocycles. The van der Waals surface area contributed by atoms with E-state index in [1.54, 1.807) is 37.4 Å². The SMILES string of the molecule is CO[C@H]1CC[C@H](NC[C@]2(c3ccccc3)Oc3cc(F)c(Cl)c(-c4c(C(N)=O)ccc(OC(F)F)c4F)c3[C@@H]2O)CC1. The second kappa shape index (κ2) is 12.1. The maximum Gasteiger partial charge on any atom is 0.387 e. The highest BCUT2D eigenvalue weighted by atomic mass is 35.5. The number of nitrogens with one attached hydrogen (secondary N) is 1. The molecule has 12 heteroatoms. The molecule has 0 saturated heterocycles. The fraction of sp³-hybridized carbons (Fsp3) is 0.367. The summed E-state index contributed by atoms with van der Waals surface area (Å²) in [7, 11) is 1.67. The average Bonchev–Trinajstić information content (AvgIpc) is 3.25. The highest BCUT2D eigenvalue weighted by Gasteiger charge is 2.52. The molecular formula is C30H29ClF4N2O5. The van der Waals surface area contributed by atoms with Crippen LogP contribution in [0.15, 0.2) is 48.5 Å². The zero-order chi connectivity index (χ0) is 30.2. The van der Waals surface area contributed by atoms with Crippen molar-refractivity contribution in [3.05, 3.63) is 81.9 Å². The van der Waals surface area contributed by atoms with E-state index >= 15 is 8.78 Å². The maximum atomic E-state index is 15.8. The zero-order valence-corrected chi connectivity index (χ0v) is 23.3. The minimum atomic E-state index is -3.40. The lowest BCUT2D eigenvalue weighted by Gasteiger charge is -2.36. The van der Waals surface area contributed by atoms with Crippen LogP contribution in [0.25, 0.3) is 11.1 Å². The summed E-state index contributed by atoms with van der Waals surface area (Å²) in [5.74, 6) is -4.71. The Kier molecular flexibility index (Phi) is 8.66. The molecule has 5 rings (SSSR count). The van der Waals surface area contributed by atoms with Gasteiger partial charge in [0.1, 0.15) is 17.7 Å². The van der Waals surface area contributed by atoms with Crippen LogP contribution in [0.4, 0.5) is 17.6 Å². The van der Waals surface area contributed by atoms with Crippen molar-refractivity contribution in [2.75, 3.05) is 13.7 Å². The molecule has 1 heterocycles. The lowest BCUT2D eigenvalue weighted by molar-refractivity contribution is -0.0521. The average molecular weight is 609 g/mol. The summed E-state index contributed by atoms with van der Waals surface area (Å²) in [6.07, 6.45) is 1.88. The zero-order valence-electron chi connectivity index (χ0n) is 22.5. The molecule has 1 aliphatic carbocycles. The molecule has 224 valence electrons. The number of methoxy groups -OCH3 is 1. The summed E-state index contributed by atoms with van der Waals surface area (Å²) in [6.45, 7) is -3.33. The first-order chi connectivity index (χ1) is 20.1. The standard InChI is InChI=1S/C30H29ClF4N2O5/c1-40-17-9-7-16(8-10-17)37-14-30(15-5-3-2-4-6-15)27(38)23-21(42-30)13-19(32)25(31)24(23)22-18(28(36)39)11-12-20(26(22)33)41-29(34)35/h2-6,11-13,16-17,27,29,37-38H,7-10,14H2,1H3,(H2,36,39)/t16-,17-,27-,30+/m0/s1. The minimum absolute atomic E-state index is 0.0630. The summed E-state index contributed by atoms with van der Waals surface area (Å²) in [4.78, 5) is 12.3. The molecular weight excluding hydrogens is 580 g/mol. The highest BCUT2D eigenvalue weighted by Crippen LogP contribution is 2.55. The third-order valence-electron chi connectivity index (χ3n) is 7.99. The van der Waals surface area contributed by atoms with E-state index in [0.29, 0.717) is 5.56 Å². The van der Waals surface area contributed by atoms with Crippen molar-refractivity contribution in [2.24, 2.45) is 5.73 Å². The van der Waals surface area contributed by atoms with Gasteiger partial charge in [0.05, 0.1) is 16.7 Å². The number of benzene rings is 3. The third-order valence-corrected chi connectivity index (χ3v) is 8.36. The number of amides is 1. The van der Waals surface area contributed by atoms with Crippen LogP contribution in [-0.2, 0) is 10.3 Å². The smallest absolute Gasteiger partial charge is 0.387 e. The van der Waals surface area contributed by atoms with Gasteiger partial charge in [0.25, 0.3) is 0 Å². The molecule has 4 N–H and O–H groups in total. The Balaban J connectivity index is 1.65. The van der Waals surface area contributed by atoms with Crippen molar-refractivity contribution in [2.45, 2.75) is 56.1 Å². The number of carbonyl (C=O) groups excluding carboxylic acids is 1. The molecule has 1 saturated carbocycles. The van der Waals surface area contributed by atoms with E-state index in [1.807, 2.05) is 0 Å². The number of aliphatic hydroxyl groups excluding tert-OH is 1. The molecule has 3 aromatic rings. The third kappa shape index (κ3) is 5.42. The first-order valence-corrected chi connectivity index (χ1v) is 13.7. The Morgan fingerprint density at radius 3 is 2.45 bits per heavy atom. The van der Waals surface area contributed by atoms with E-state index < -0.39 is 63.3 Å². The van der Waals surface area contributed by atoms with Gasteiger partial charge in [0.2, 0.25) is 5.91 Å². The molecule has 0 radical (unpaired) electrons. The molecule has 2 atom stereocenters. The molecule has 0 bridgehead atoms. The monoisotopic (exact) mass is 608 g/mol. The molecule has 7 nitrogen and oxygen atoms in total. The quantitative estimate of drug-likeness (QED) is 0.263. The van der Waals surface area contributed by atoms with Crippen LogP contribution in [0.5, 0.6) is 11.5 Å². The van der Waals surface area contributed by atoms with Crippen LogP contribution in [0.2, 0.25) is 5.02 Å². The van der Waals surface area contributed by atoms with Crippen molar-refractivity contribution >= 4 is 17.5 Å². The van der Waals surface area contributed by atoms with Gasteiger partial charge in [-0.1, -0.05) is 41.9 Å². The van der Waals surface area contributed by atoms with Gasteiger partial charge in [0.15, 0.2) is 17.2 Å². The lowest BCUT2D eigenvalue weighted by Crippen LogP contribution is -2.48. The van der Waals surface area contributed by atoms with Crippen LogP contribution in [0, 0.1) is 11.6 Å². The Morgan fingerprint density at radius 1 is 1.14 bits per heavy atom. The Bertz CT molecular complexity index is 1470.